The number of nitrogens with zero attached hydrogens (tertiary/aromatic N) is 3. The first kappa shape index (κ1) is 25.7. The van der Waals surface area contributed by atoms with E-state index in [9.17, 15) is 9.59 Å². The molecule has 0 radical (unpaired) electrons. The summed E-state index contributed by atoms with van der Waals surface area (Å²) in [6.07, 6.45) is 4.12. The van der Waals surface area contributed by atoms with E-state index in [-0.39, 0.29) is 34.4 Å². The van der Waals surface area contributed by atoms with E-state index < -0.39 is 5.91 Å². The fourth-order valence-corrected chi connectivity index (χ4v) is 2.97. The summed E-state index contributed by atoms with van der Waals surface area (Å²) >= 11 is 5.78. The minimum atomic E-state index is -0.697. The molecule has 12 heteroatoms. The third-order valence-electron chi connectivity index (χ3n) is 4.54. The van der Waals surface area contributed by atoms with Crippen LogP contribution < -0.4 is 33.0 Å². The zero-order valence-electron chi connectivity index (χ0n) is 18.4. The molecule has 33 heavy (non-hydrogen) atoms. The van der Waals surface area contributed by atoms with Gasteiger partial charge in [0.1, 0.15) is 5.75 Å². The van der Waals surface area contributed by atoms with Gasteiger partial charge in [-0.3, -0.25) is 19.9 Å². The summed E-state index contributed by atoms with van der Waals surface area (Å²) in [4.78, 5) is 35.9. The molecule has 1 amide bonds. The highest BCUT2D eigenvalue weighted by Gasteiger charge is 2.16. The first-order valence-corrected chi connectivity index (χ1v) is 10.9. The monoisotopic (exact) mass is 476 g/mol. The summed E-state index contributed by atoms with van der Waals surface area (Å²) in [5.74, 6) is -0.784. The van der Waals surface area contributed by atoms with Crippen LogP contribution in [0.25, 0.3) is 0 Å². The van der Waals surface area contributed by atoms with Crippen molar-refractivity contribution in [1.82, 2.24) is 15.3 Å². The summed E-state index contributed by atoms with van der Waals surface area (Å²) in [6.45, 7) is 2.38. The topological polar surface area (TPSA) is 198 Å². The van der Waals surface area contributed by atoms with E-state index in [1.807, 2.05) is 6.92 Å². The highest BCUT2D eigenvalue weighted by atomic mass is 35.5. The Bertz CT molecular complexity index is 1030. The van der Waals surface area contributed by atoms with Crippen molar-refractivity contribution in [2.75, 3.05) is 23.7 Å². The molecule has 0 spiro atoms. The van der Waals surface area contributed by atoms with Crippen molar-refractivity contribution in [1.29, 1.82) is 0 Å². The number of carbonyl (C=O) groups is 2. The average molecular weight is 477 g/mol. The molecular formula is C21H29ClN8O3. The highest BCUT2D eigenvalue weighted by molar-refractivity contribution is 6.31. The van der Waals surface area contributed by atoms with E-state index in [0.29, 0.717) is 37.2 Å². The lowest BCUT2D eigenvalue weighted by atomic mass is 10.1. The van der Waals surface area contributed by atoms with Crippen molar-refractivity contribution in [3.8, 4) is 5.75 Å². The van der Waals surface area contributed by atoms with Crippen LogP contribution in [0.15, 0.2) is 23.2 Å². The number of halogens is 1. The molecule has 0 aliphatic rings. The van der Waals surface area contributed by atoms with Crippen LogP contribution in [0.5, 0.6) is 5.75 Å². The number of rotatable bonds is 10. The molecule has 0 aliphatic heterocycles. The van der Waals surface area contributed by atoms with Gasteiger partial charge in [0, 0.05) is 18.7 Å². The molecule has 1 aromatic carbocycles. The van der Waals surface area contributed by atoms with Gasteiger partial charge >= 0.3 is 5.97 Å². The molecule has 1 heterocycles. The van der Waals surface area contributed by atoms with Crippen LogP contribution in [-0.4, -0.2) is 34.3 Å². The number of unbranched alkanes of at least 4 members (excludes halogenated alkanes) is 2. The molecule has 0 bridgehead atoms. The molecule has 178 valence electrons. The normalized spacial score (nSPS) is 11.3. The van der Waals surface area contributed by atoms with Crippen molar-refractivity contribution in [2.24, 2.45) is 10.7 Å². The molecule has 11 nitrogen and oxygen atoms in total. The summed E-state index contributed by atoms with van der Waals surface area (Å²) in [6, 6.07) is 5.20. The molecule has 0 unspecified atom stereocenters. The van der Waals surface area contributed by atoms with E-state index in [2.05, 4.69) is 20.3 Å². The maximum absolute atomic E-state index is 12.2. The Labute approximate surface area is 196 Å². The Morgan fingerprint density at radius 3 is 2.61 bits per heavy atom. The molecule has 1 aromatic heterocycles. The maximum atomic E-state index is 12.2. The minimum absolute atomic E-state index is 0.0774. The second-order valence-electron chi connectivity index (χ2n) is 7.26. The van der Waals surface area contributed by atoms with Gasteiger partial charge in [-0.05, 0) is 49.4 Å². The van der Waals surface area contributed by atoms with Gasteiger partial charge in [-0.2, -0.15) is 0 Å². The van der Waals surface area contributed by atoms with E-state index in [1.54, 1.807) is 18.2 Å². The van der Waals surface area contributed by atoms with Gasteiger partial charge in [-0.25, -0.2) is 9.97 Å². The Balaban J connectivity index is 1.86. The fraction of sp³-hybridized carbons (Fsp3) is 0.381. The number of aryl methyl sites for hydroxylation is 1. The standard InChI is InChI=1S/C21H29ClN8O3/c1-2-3-7-15(31)33-14-9-8-13(23)11-12(14)6-4-5-10-27-21(26)30-20(32)16-18(24)29-19(25)17(22)28-16/h8-9,11H,2-7,10,23H2,1H3,(H4,24,25,29)(H3,26,27,30,32). The molecule has 0 saturated carbocycles. The maximum Gasteiger partial charge on any atom is 0.311 e. The smallest absolute Gasteiger partial charge is 0.311 e. The van der Waals surface area contributed by atoms with Crippen LogP contribution in [0.1, 0.15) is 55.1 Å². The number of hydrogen-bond acceptors (Lipinski definition) is 9. The molecular weight excluding hydrogens is 448 g/mol. The number of amides is 1. The lowest BCUT2D eigenvalue weighted by Gasteiger charge is -2.11. The molecule has 2 aromatic rings. The van der Waals surface area contributed by atoms with Gasteiger partial charge in [0.2, 0.25) is 0 Å². The lowest BCUT2D eigenvalue weighted by Crippen LogP contribution is -2.38. The number of anilines is 3. The first-order chi connectivity index (χ1) is 15.7. The molecule has 9 N–H and O–H groups in total. The van der Waals surface area contributed by atoms with Crippen molar-refractivity contribution in [3.63, 3.8) is 0 Å². The second-order valence-corrected chi connectivity index (χ2v) is 7.61. The van der Waals surface area contributed by atoms with Crippen molar-refractivity contribution >= 4 is 46.8 Å². The highest BCUT2D eigenvalue weighted by Crippen LogP contribution is 2.24. The Morgan fingerprint density at radius 2 is 1.88 bits per heavy atom. The number of benzene rings is 1. The van der Waals surface area contributed by atoms with Gasteiger partial charge in [0.25, 0.3) is 5.91 Å². The minimum Gasteiger partial charge on any atom is -0.426 e. The summed E-state index contributed by atoms with van der Waals surface area (Å²) in [7, 11) is 0. The van der Waals surface area contributed by atoms with E-state index in [1.165, 1.54) is 0 Å². The number of ether oxygens (including phenoxy) is 1. The Morgan fingerprint density at radius 1 is 1.12 bits per heavy atom. The predicted octanol–water partition coefficient (Wildman–Crippen LogP) is 2.04. The number of carbonyl (C=O) groups excluding carboxylic acids is 2. The van der Waals surface area contributed by atoms with Crippen molar-refractivity contribution < 1.29 is 14.3 Å². The third kappa shape index (κ3) is 8.11. The van der Waals surface area contributed by atoms with Crippen molar-refractivity contribution in [2.45, 2.75) is 45.4 Å². The Hall–Kier alpha value is -3.60. The third-order valence-corrected chi connectivity index (χ3v) is 4.82. The van der Waals surface area contributed by atoms with Crippen LogP contribution in [0, 0.1) is 0 Å². The largest absolute Gasteiger partial charge is 0.426 e. The number of guanidine groups is 1. The predicted molar refractivity (Wildman–Crippen MR) is 129 cm³/mol. The number of nitrogens with one attached hydrogen (secondary N) is 1. The summed E-state index contributed by atoms with van der Waals surface area (Å²) in [5, 5.41) is 2.24. The quantitative estimate of drug-likeness (QED) is 0.0849. The number of nitrogen functional groups attached to an aromatic ring is 3. The zero-order chi connectivity index (χ0) is 24.4. The van der Waals surface area contributed by atoms with Crippen LogP contribution in [0.3, 0.4) is 0 Å². The zero-order valence-corrected chi connectivity index (χ0v) is 19.2. The van der Waals surface area contributed by atoms with Gasteiger partial charge in [0.05, 0.1) is 0 Å². The molecule has 0 atom stereocenters. The second kappa shape index (κ2) is 12.4. The number of aromatic nitrogens is 2. The van der Waals surface area contributed by atoms with Gasteiger partial charge in [-0.15, -0.1) is 0 Å². The summed E-state index contributed by atoms with van der Waals surface area (Å²) < 4.78 is 5.48. The van der Waals surface area contributed by atoms with Crippen LogP contribution in [0.2, 0.25) is 5.15 Å². The summed E-state index contributed by atoms with van der Waals surface area (Å²) in [5.41, 5.74) is 24.0. The average Bonchev–Trinajstić information content (AvgIpc) is 2.76. The molecule has 0 saturated heterocycles. The SMILES string of the molecule is CCCCC(=O)Oc1ccc(N)cc1CCCCN=C(N)NC(=O)c1nc(Cl)c(N)nc1N. The molecule has 2 rings (SSSR count). The van der Waals surface area contributed by atoms with E-state index >= 15 is 0 Å². The molecule has 0 fully saturated rings. The number of hydrogen-bond donors (Lipinski definition) is 5. The van der Waals surface area contributed by atoms with Gasteiger partial charge in [0.15, 0.2) is 28.4 Å². The number of nitrogens with two attached hydrogens (primary N) is 4. The molecule has 0 aliphatic carbocycles. The van der Waals surface area contributed by atoms with Crippen LogP contribution in [0.4, 0.5) is 17.3 Å². The number of esters is 1. The first-order valence-electron chi connectivity index (χ1n) is 10.5. The van der Waals surface area contributed by atoms with Crippen molar-refractivity contribution in [3.05, 3.63) is 34.6 Å². The van der Waals surface area contributed by atoms with Crippen LogP contribution in [-0.2, 0) is 11.2 Å². The van der Waals surface area contributed by atoms with E-state index in [0.717, 1.165) is 24.8 Å². The fourth-order valence-electron chi connectivity index (χ4n) is 2.84. The van der Waals surface area contributed by atoms with Crippen LogP contribution >= 0.6 is 11.6 Å². The number of aliphatic imine (C=N–C) groups is 1. The lowest BCUT2D eigenvalue weighted by molar-refractivity contribution is -0.134. The van der Waals surface area contributed by atoms with Gasteiger partial charge < -0.3 is 27.7 Å². The van der Waals surface area contributed by atoms with E-state index in [4.69, 9.17) is 39.3 Å². The van der Waals surface area contributed by atoms with Gasteiger partial charge in [-0.1, -0.05) is 24.9 Å². The Kier molecular flexibility index (Phi) is 9.67.